The predicted octanol–water partition coefficient (Wildman–Crippen LogP) is 5.69. The van der Waals surface area contributed by atoms with Crippen LogP contribution in [0.1, 0.15) is 53.7 Å². The number of ether oxygens (including phenoxy) is 2. The Hall–Kier alpha value is -3.40. The second-order valence-corrected chi connectivity index (χ2v) is 9.25. The van der Waals surface area contributed by atoms with Crippen LogP contribution in [0.4, 0.5) is 0 Å². The fourth-order valence-corrected chi connectivity index (χ4v) is 4.84. The number of fused-ring (bicyclic) bond motifs is 3. The van der Waals surface area contributed by atoms with Crippen molar-refractivity contribution in [1.29, 1.82) is 0 Å². The Balaban J connectivity index is 1.78. The Bertz CT molecular complexity index is 1160. The molecular formula is C27H24O4. The molecule has 2 aliphatic rings. The molecule has 4 nitrogen and oxygen atoms in total. The van der Waals surface area contributed by atoms with Gasteiger partial charge in [0.25, 0.3) is 0 Å². The molecule has 1 aliphatic carbocycles. The molecule has 156 valence electrons. The summed E-state index contributed by atoms with van der Waals surface area (Å²) in [7, 11) is 0. The van der Waals surface area contributed by atoms with Crippen molar-refractivity contribution in [2.45, 2.75) is 38.7 Å². The predicted molar refractivity (Wildman–Crippen MR) is 118 cm³/mol. The number of rotatable bonds is 2. The summed E-state index contributed by atoms with van der Waals surface area (Å²) in [6, 6.07) is 22.8. The van der Waals surface area contributed by atoms with Gasteiger partial charge in [0.1, 0.15) is 22.5 Å². The Morgan fingerprint density at radius 1 is 0.903 bits per heavy atom. The molecule has 3 aromatic rings. The number of esters is 1. The van der Waals surface area contributed by atoms with Crippen LogP contribution in [0.2, 0.25) is 0 Å². The van der Waals surface area contributed by atoms with Gasteiger partial charge in [-0.05, 0) is 44.9 Å². The lowest BCUT2D eigenvalue weighted by Crippen LogP contribution is -2.47. The molecule has 4 heteroatoms. The zero-order chi connectivity index (χ0) is 21.8. The van der Waals surface area contributed by atoms with Gasteiger partial charge in [0.15, 0.2) is 5.78 Å². The van der Waals surface area contributed by atoms with E-state index in [1.807, 2.05) is 87.5 Å². The van der Waals surface area contributed by atoms with E-state index in [9.17, 15) is 9.59 Å². The van der Waals surface area contributed by atoms with Gasteiger partial charge in [-0.1, -0.05) is 60.7 Å². The molecule has 0 unspecified atom stereocenters. The summed E-state index contributed by atoms with van der Waals surface area (Å²) in [6.45, 7) is 5.49. The number of carbonyl (C=O) groups is 2. The zero-order valence-corrected chi connectivity index (χ0v) is 17.8. The summed E-state index contributed by atoms with van der Waals surface area (Å²) in [5.41, 5.74) is 1.01. The van der Waals surface area contributed by atoms with Crippen molar-refractivity contribution in [3.05, 3.63) is 95.1 Å². The van der Waals surface area contributed by atoms with Gasteiger partial charge in [-0.25, -0.2) is 0 Å². The van der Waals surface area contributed by atoms with E-state index >= 15 is 0 Å². The topological polar surface area (TPSA) is 52.6 Å². The minimum absolute atomic E-state index is 0.186. The van der Waals surface area contributed by atoms with Gasteiger partial charge in [0.05, 0.1) is 0 Å². The molecule has 1 atom stereocenters. The van der Waals surface area contributed by atoms with Gasteiger partial charge in [0, 0.05) is 22.6 Å². The summed E-state index contributed by atoms with van der Waals surface area (Å²) in [5.74, 6) is 0.144. The van der Waals surface area contributed by atoms with Gasteiger partial charge in [0.2, 0.25) is 0 Å². The quantitative estimate of drug-likeness (QED) is 0.401. The van der Waals surface area contributed by atoms with Gasteiger partial charge in [-0.15, -0.1) is 0 Å². The molecular weight excluding hydrogens is 388 g/mol. The van der Waals surface area contributed by atoms with Crippen molar-refractivity contribution < 1.29 is 19.1 Å². The molecule has 0 amide bonds. The van der Waals surface area contributed by atoms with Gasteiger partial charge in [-0.2, -0.15) is 0 Å². The number of benzene rings is 3. The van der Waals surface area contributed by atoms with Crippen molar-refractivity contribution in [2.24, 2.45) is 5.41 Å². The van der Waals surface area contributed by atoms with Crippen LogP contribution in [-0.2, 0) is 16.0 Å². The first-order valence-corrected chi connectivity index (χ1v) is 10.5. The molecule has 3 aromatic carbocycles. The summed E-state index contributed by atoms with van der Waals surface area (Å²) >= 11 is 0. The summed E-state index contributed by atoms with van der Waals surface area (Å²) in [6.07, 6.45) is 0.296. The fourth-order valence-electron chi connectivity index (χ4n) is 4.84. The van der Waals surface area contributed by atoms with Crippen molar-refractivity contribution in [3.8, 4) is 11.5 Å². The lowest BCUT2D eigenvalue weighted by atomic mass is 9.65. The van der Waals surface area contributed by atoms with Crippen LogP contribution in [0.3, 0.4) is 0 Å². The standard InChI is InChI=1S/C27H24O4/c1-26(2,3)31-25(29)27(16-17-10-4-5-11-18(17)24(27)28)23-19-12-6-8-14-21(19)30-22-15-9-7-13-20(22)23/h4-15,23H,16H2,1-3H3/t27-/m1/s1. The minimum Gasteiger partial charge on any atom is -0.459 e. The molecule has 0 aromatic heterocycles. The second kappa shape index (κ2) is 6.81. The molecule has 1 aliphatic heterocycles. The lowest BCUT2D eigenvalue weighted by molar-refractivity contribution is -0.165. The van der Waals surface area contributed by atoms with Crippen molar-refractivity contribution in [1.82, 2.24) is 0 Å². The van der Waals surface area contributed by atoms with Gasteiger partial charge in [-0.3, -0.25) is 9.59 Å². The summed E-state index contributed by atoms with van der Waals surface area (Å²) in [5, 5.41) is 0. The Labute approximate surface area is 181 Å². The first kappa shape index (κ1) is 19.6. The van der Waals surface area contributed by atoms with E-state index in [1.165, 1.54) is 0 Å². The smallest absolute Gasteiger partial charge is 0.321 e. The van der Waals surface area contributed by atoms with Crippen LogP contribution >= 0.6 is 0 Å². The lowest BCUT2D eigenvalue weighted by Gasteiger charge is -2.39. The maximum atomic E-state index is 14.0. The first-order chi connectivity index (χ1) is 14.8. The van der Waals surface area contributed by atoms with Crippen LogP contribution in [-0.4, -0.2) is 17.4 Å². The third-order valence-electron chi connectivity index (χ3n) is 6.07. The van der Waals surface area contributed by atoms with E-state index in [0.717, 1.165) is 16.7 Å². The van der Waals surface area contributed by atoms with Crippen LogP contribution in [0.5, 0.6) is 11.5 Å². The summed E-state index contributed by atoms with van der Waals surface area (Å²) in [4.78, 5) is 27.9. The van der Waals surface area contributed by atoms with E-state index in [2.05, 4.69) is 0 Å². The van der Waals surface area contributed by atoms with Crippen molar-refractivity contribution in [3.63, 3.8) is 0 Å². The molecule has 0 fully saturated rings. The second-order valence-electron chi connectivity index (χ2n) is 9.25. The molecule has 0 bridgehead atoms. The Morgan fingerprint density at radius 2 is 1.45 bits per heavy atom. The van der Waals surface area contributed by atoms with E-state index < -0.39 is 22.9 Å². The third kappa shape index (κ3) is 2.97. The average molecular weight is 412 g/mol. The van der Waals surface area contributed by atoms with Gasteiger partial charge < -0.3 is 9.47 Å². The van der Waals surface area contributed by atoms with Crippen molar-refractivity contribution >= 4 is 11.8 Å². The summed E-state index contributed by atoms with van der Waals surface area (Å²) < 4.78 is 12.1. The zero-order valence-electron chi connectivity index (χ0n) is 17.8. The average Bonchev–Trinajstić information content (AvgIpc) is 3.04. The number of Topliss-reactive ketones (excluding diaryl/α,β-unsaturated/α-hetero) is 1. The molecule has 0 saturated carbocycles. The van der Waals surface area contributed by atoms with Crippen LogP contribution < -0.4 is 4.74 Å². The third-order valence-corrected chi connectivity index (χ3v) is 6.07. The molecule has 5 rings (SSSR count). The molecule has 0 radical (unpaired) electrons. The fraction of sp³-hybridized carbons (Fsp3) is 0.259. The molecule has 0 saturated heterocycles. The normalized spacial score (nSPS) is 19.8. The number of hydrogen-bond acceptors (Lipinski definition) is 4. The van der Waals surface area contributed by atoms with Crippen LogP contribution in [0.25, 0.3) is 0 Å². The van der Waals surface area contributed by atoms with Gasteiger partial charge >= 0.3 is 5.97 Å². The highest BCUT2D eigenvalue weighted by Gasteiger charge is 2.60. The molecule has 1 heterocycles. The Kier molecular flexibility index (Phi) is 4.30. The largest absolute Gasteiger partial charge is 0.459 e. The highest BCUT2D eigenvalue weighted by atomic mass is 16.6. The van der Waals surface area contributed by atoms with E-state index in [0.29, 0.717) is 23.5 Å². The molecule has 0 N–H and O–H groups in total. The van der Waals surface area contributed by atoms with E-state index in [1.54, 1.807) is 6.07 Å². The Morgan fingerprint density at radius 3 is 2.03 bits per heavy atom. The molecule has 0 spiro atoms. The monoisotopic (exact) mass is 412 g/mol. The SMILES string of the molecule is CC(C)(C)OC(=O)[C@@]1(C2c3ccccc3Oc3ccccc32)Cc2ccccc2C1=O. The van der Waals surface area contributed by atoms with Crippen LogP contribution in [0, 0.1) is 5.41 Å². The number of para-hydroxylation sites is 2. The number of ketones is 1. The molecule has 31 heavy (non-hydrogen) atoms. The highest BCUT2D eigenvalue weighted by molar-refractivity contribution is 6.17. The van der Waals surface area contributed by atoms with E-state index in [4.69, 9.17) is 9.47 Å². The number of carbonyl (C=O) groups excluding carboxylic acids is 2. The minimum atomic E-state index is -1.40. The van der Waals surface area contributed by atoms with Crippen LogP contribution in [0.15, 0.2) is 72.8 Å². The van der Waals surface area contributed by atoms with Crippen molar-refractivity contribution in [2.75, 3.05) is 0 Å². The first-order valence-electron chi connectivity index (χ1n) is 10.5. The maximum Gasteiger partial charge on any atom is 0.321 e. The highest BCUT2D eigenvalue weighted by Crippen LogP contribution is 2.57. The number of hydrogen-bond donors (Lipinski definition) is 0. The van der Waals surface area contributed by atoms with E-state index in [-0.39, 0.29) is 5.78 Å². The maximum absolute atomic E-state index is 14.0.